The fourth-order valence-electron chi connectivity index (χ4n) is 3.43. The van der Waals surface area contributed by atoms with Crippen LogP contribution in [0.5, 0.6) is 5.75 Å². The maximum Gasteiger partial charge on any atom is 0.351 e. The standard InChI is InChI=1S/C22H30FN4O8PS/c1-13(2)33-20(29)14(3)26-36(37,35-15-8-6-5-7-9-15)32-12-22(31-4)18(23)17(28)19(34-22)27-11-10-16(24)25-21(27)30/h5-11,13-14,17-19,28H,12H2,1-4H3,(H,26,37)(H2,24,25,30)/t14-,17-,18+,19-,22-,36?/m1/s1. The Labute approximate surface area is 218 Å². The second-order valence-corrected chi connectivity index (χ2v) is 11.6. The Bertz CT molecular complexity index is 1190. The molecule has 1 unspecified atom stereocenters. The van der Waals surface area contributed by atoms with Crippen molar-refractivity contribution in [2.24, 2.45) is 0 Å². The third kappa shape index (κ3) is 6.90. The van der Waals surface area contributed by atoms with Crippen LogP contribution in [0.25, 0.3) is 0 Å². The number of anilines is 1. The smallest absolute Gasteiger partial charge is 0.351 e. The van der Waals surface area contributed by atoms with E-state index in [0.717, 1.165) is 11.7 Å². The van der Waals surface area contributed by atoms with Gasteiger partial charge < -0.3 is 34.1 Å². The number of nitrogens with two attached hydrogens (primary N) is 1. The molecular formula is C22H30FN4O8PS. The van der Waals surface area contributed by atoms with Crippen LogP contribution in [0.2, 0.25) is 0 Å². The highest BCUT2D eigenvalue weighted by Gasteiger charge is 2.58. The van der Waals surface area contributed by atoms with Crippen LogP contribution in [-0.4, -0.2) is 64.6 Å². The normalized spacial score (nSPS) is 26.0. The van der Waals surface area contributed by atoms with Crippen LogP contribution in [-0.2, 0) is 35.3 Å². The van der Waals surface area contributed by atoms with Crippen molar-refractivity contribution in [3.8, 4) is 5.75 Å². The zero-order chi connectivity index (χ0) is 27.4. The number of halogens is 1. The average molecular weight is 561 g/mol. The third-order valence-electron chi connectivity index (χ3n) is 5.27. The van der Waals surface area contributed by atoms with Gasteiger partial charge in [-0.3, -0.25) is 9.36 Å². The molecule has 0 amide bonds. The van der Waals surface area contributed by atoms with Crippen molar-refractivity contribution in [1.82, 2.24) is 14.6 Å². The number of carbonyl (C=O) groups is 1. The van der Waals surface area contributed by atoms with E-state index >= 15 is 4.39 Å². The molecule has 1 aromatic carbocycles. The number of nitrogens with zero attached hydrogens (tertiary/aromatic N) is 2. The molecule has 12 nitrogen and oxygen atoms in total. The molecule has 2 heterocycles. The maximum atomic E-state index is 15.4. The van der Waals surface area contributed by atoms with Crippen LogP contribution in [0.15, 0.2) is 47.4 Å². The molecule has 1 fully saturated rings. The van der Waals surface area contributed by atoms with Gasteiger partial charge >= 0.3 is 18.3 Å². The Morgan fingerprint density at radius 3 is 2.62 bits per heavy atom. The van der Waals surface area contributed by atoms with E-state index in [1.54, 1.807) is 44.2 Å². The number of nitrogen functional groups attached to an aromatic ring is 1. The Morgan fingerprint density at radius 1 is 1.35 bits per heavy atom. The zero-order valence-corrected chi connectivity index (χ0v) is 22.4. The molecule has 1 aliphatic heterocycles. The van der Waals surface area contributed by atoms with E-state index in [0.29, 0.717) is 5.75 Å². The molecule has 0 radical (unpaired) electrons. The van der Waals surface area contributed by atoms with Gasteiger partial charge in [0.15, 0.2) is 12.4 Å². The molecular weight excluding hydrogens is 530 g/mol. The van der Waals surface area contributed by atoms with E-state index in [1.807, 2.05) is 0 Å². The molecule has 0 bridgehead atoms. The van der Waals surface area contributed by atoms with Crippen LogP contribution in [0, 0.1) is 0 Å². The molecule has 1 aliphatic rings. The molecule has 1 aromatic heterocycles. The summed E-state index contributed by atoms with van der Waals surface area (Å²) in [6.45, 7) is 0.659. The number of nitrogens with one attached hydrogen (secondary N) is 1. The summed E-state index contributed by atoms with van der Waals surface area (Å²) in [5.41, 5.74) is 4.65. The number of carbonyl (C=O) groups excluding carboxylic acids is 1. The topological polar surface area (TPSA) is 156 Å². The minimum absolute atomic E-state index is 0.0539. The van der Waals surface area contributed by atoms with Crippen molar-refractivity contribution in [2.45, 2.75) is 57.2 Å². The predicted molar refractivity (Wildman–Crippen MR) is 135 cm³/mol. The molecule has 0 saturated carbocycles. The number of hydrogen-bond donors (Lipinski definition) is 3. The number of alkyl halides is 1. The quantitative estimate of drug-likeness (QED) is 0.270. The number of aliphatic hydroxyl groups is 1. The summed E-state index contributed by atoms with van der Waals surface area (Å²) in [7, 11) is 1.15. The summed E-state index contributed by atoms with van der Waals surface area (Å²) in [6, 6.07) is 8.78. The lowest BCUT2D eigenvalue weighted by atomic mass is 10.1. The first-order chi connectivity index (χ1) is 17.4. The zero-order valence-electron chi connectivity index (χ0n) is 20.6. The molecule has 15 heteroatoms. The molecule has 0 spiro atoms. The average Bonchev–Trinajstić information content (AvgIpc) is 3.08. The van der Waals surface area contributed by atoms with Gasteiger partial charge in [0.2, 0.25) is 5.79 Å². The van der Waals surface area contributed by atoms with Crippen molar-refractivity contribution in [3.63, 3.8) is 0 Å². The predicted octanol–water partition coefficient (Wildman–Crippen LogP) is 1.65. The largest absolute Gasteiger partial charge is 0.462 e. The van der Waals surface area contributed by atoms with E-state index in [4.69, 9.17) is 40.8 Å². The molecule has 1 saturated heterocycles. The highest BCUT2D eigenvalue weighted by atomic mass is 32.5. The summed E-state index contributed by atoms with van der Waals surface area (Å²) in [6.07, 6.45) is -4.65. The van der Waals surface area contributed by atoms with Crippen LogP contribution in [0.3, 0.4) is 0 Å². The lowest BCUT2D eigenvalue weighted by Crippen LogP contribution is -2.47. The Kier molecular flexibility index (Phi) is 9.40. The molecule has 6 atom stereocenters. The highest BCUT2D eigenvalue weighted by Crippen LogP contribution is 2.48. The van der Waals surface area contributed by atoms with Crippen molar-refractivity contribution in [2.75, 3.05) is 19.5 Å². The van der Waals surface area contributed by atoms with Crippen LogP contribution in [0.1, 0.15) is 27.0 Å². The number of ether oxygens (including phenoxy) is 3. The van der Waals surface area contributed by atoms with Crippen molar-refractivity contribution < 1.29 is 37.5 Å². The number of para-hydroxylation sites is 1. The minimum Gasteiger partial charge on any atom is -0.462 e. The second-order valence-electron chi connectivity index (χ2n) is 8.47. The van der Waals surface area contributed by atoms with Crippen LogP contribution in [0.4, 0.5) is 10.2 Å². The monoisotopic (exact) mass is 560 g/mol. The van der Waals surface area contributed by atoms with Gasteiger partial charge in [0, 0.05) is 13.3 Å². The summed E-state index contributed by atoms with van der Waals surface area (Å²) >= 11 is 5.62. The van der Waals surface area contributed by atoms with Gasteiger partial charge in [-0.25, -0.2) is 14.3 Å². The van der Waals surface area contributed by atoms with Gasteiger partial charge in [0.05, 0.1) is 6.10 Å². The van der Waals surface area contributed by atoms with Gasteiger partial charge in [-0.2, -0.15) is 4.98 Å². The summed E-state index contributed by atoms with van der Waals surface area (Å²) in [5.74, 6) is -2.51. The van der Waals surface area contributed by atoms with Gasteiger partial charge in [-0.1, -0.05) is 18.2 Å². The third-order valence-corrected chi connectivity index (χ3v) is 7.75. The first-order valence-electron chi connectivity index (χ1n) is 11.3. The molecule has 4 N–H and O–H groups in total. The molecule has 3 rings (SSSR count). The fourth-order valence-corrected chi connectivity index (χ4v) is 5.83. The number of methoxy groups -OCH3 is 1. The van der Waals surface area contributed by atoms with E-state index in [9.17, 15) is 14.7 Å². The number of aromatic nitrogens is 2. The summed E-state index contributed by atoms with van der Waals surface area (Å²) < 4.78 is 44.2. The van der Waals surface area contributed by atoms with Gasteiger partial charge in [-0.15, -0.1) is 0 Å². The molecule has 0 aliphatic carbocycles. The van der Waals surface area contributed by atoms with Gasteiger partial charge in [-0.05, 0) is 50.8 Å². The highest BCUT2D eigenvalue weighted by molar-refractivity contribution is 8.09. The van der Waals surface area contributed by atoms with E-state index in [1.165, 1.54) is 19.2 Å². The van der Waals surface area contributed by atoms with Crippen LogP contribution < -0.4 is 21.0 Å². The molecule has 37 heavy (non-hydrogen) atoms. The Hall–Kier alpha value is -2.45. The minimum atomic E-state index is -3.58. The van der Waals surface area contributed by atoms with Gasteiger partial charge in [0.25, 0.3) is 0 Å². The number of benzene rings is 1. The van der Waals surface area contributed by atoms with Crippen molar-refractivity contribution in [3.05, 3.63) is 53.1 Å². The van der Waals surface area contributed by atoms with E-state index in [2.05, 4.69) is 10.1 Å². The van der Waals surface area contributed by atoms with Gasteiger partial charge in [0.1, 0.15) is 30.3 Å². The lowest BCUT2D eigenvalue weighted by molar-refractivity contribution is -0.256. The maximum absolute atomic E-state index is 15.4. The number of esters is 1. The molecule has 2 aromatic rings. The summed E-state index contributed by atoms with van der Waals surface area (Å²) in [5, 5.41) is 13.4. The van der Waals surface area contributed by atoms with E-state index in [-0.39, 0.29) is 11.9 Å². The Morgan fingerprint density at radius 2 is 2.03 bits per heavy atom. The SMILES string of the molecule is CO[C@]1(COP(=S)(N[C@H](C)C(=O)OC(C)C)Oc2ccccc2)O[C@@H](n2ccc(N)nc2=O)[C@H](O)[C@@H]1F. The molecule has 204 valence electrons. The van der Waals surface area contributed by atoms with Crippen molar-refractivity contribution in [1.29, 1.82) is 0 Å². The number of aliphatic hydroxyl groups excluding tert-OH is 1. The van der Waals surface area contributed by atoms with E-state index < -0.39 is 55.2 Å². The van der Waals surface area contributed by atoms with Crippen molar-refractivity contribution >= 4 is 30.2 Å². The number of rotatable bonds is 11. The second kappa shape index (κ2) is 11.9. The summed E-state index contributed by atoms with van der Waals surface area (Å²) in [4.78, 5) is 28.2. The van der Waals surface area contributed by atoms with Crippen LogP contribution >= 0.6 is 6.64 Å². The number of hydrogen-bond acceptors (Lipinski definition) is 11. The lowest BCUT2D eigenvalue weighted by Gasteiger charge is -2.33. The first kappa shape index (κ1) is 29.1. The Balaban J connectivity index is 1.85. The fraction of sp³-hybridized carbons (Fsp3) is 0.500. The first-order valence-corrected chi connectivity index (χ1v) is 13.9.